The highest BCUT2D eigenvalue weighted by Gasteiger charge is 2.19. The van der Waals surface area contributed by atoms with E-state index in [1.54, 1.807) is 22.9 Å². The molecule has 6 heteroatoms. The molecule has 0 aliphatic carbocycles. The van der Waals surface area contributed by atoms with Gasteiger partial charge in [-0.25, -0.2) is 0 Å². The maximum atomic E-state index is 12.3. The topological polar surface area (TPSA) is 65.4 Å². The molecule has 3 rings (SSSR count). The molecule has 2 aromatic rings. The van der Waals surface area contributed by atoms with Crippen LogP contribution in [0, 0.1) is 13.8 Å². The van der Waals surface area contributed by atoms with Gasteiger partial charge in [0.05, 0.1) is 11.3 Å². The highest BCUT2D eigenvalue weighted by Crippen LogP contribution is 2.34. The van der Waals surface area contributed by atoms with E-state index < -0.39 is 0 Å². The van der Waals surface area contributed by atoms with Crippen LogP contribution in [0.3, 0.4) is 0 Å². The van der Waals surface area contributed by atoms with Gasteiger partial charge in [0.15, 0.2) is 11.5 Å². The van der Waals surface area contributed by atoms with Crippen molar-refractivity contribution >= 4 is 11.6 Å². The Morgan fingerprint density at radius 3 is 2.75 bits per heavy atom. The summed E-state index contributed by atoms with van der Waals surface area (Å²) in [5.74, 6) is 1.16. The number of carbonyl (C=O) groups is 1. The first-order valence-corrected chi connectivity index (χ1v) is 6.27. The lowest BCUT2D eigenvalue weighted by Crippen LogP contribution is -2.14. The predicted octanol–water partition coefficient (Wildman–Crippen LogP) is 2.02. The molecule has 1 aromatic heterocycles. The fourth-order valence-electron chi connectivity index (χ4n) is 2.27. The maximum Gasteiger partial charge on any atom is 0.259 e. The second-order valence-corrected chi connectivity index (χ2v) is 4.69. The normalized spacial score (nSPS) is 12.6. The van der Waals surface area contributed by atoms with Crippen LogP contribution in [0.1, 0.15) is 21.7 Å². The van der Waals surface area contributed by atoms with Crippen molar-refractivity contribution < 1.29 is 14.3 Å². The number of aryl methyl sites for hydroxylation is 2. The van der Waals surface area contributed by atoms with Crippen LogP contribution in [0.5, 0.6) is 11.5 Å². The predicted molar refractivity (Wildman–Crippen MR) is 73.2 cm³/mol. The molecule has 20 heavy (non-hydrogen) atoms. The smallest absolute Gasteiger partial charge is 0.259 e. The summed E-state index contributed by atoms with van der Waals surface area (Å²) in [6.07, 6.45) is 0. The van der Waals surface area contributed by atoms with Crippen molar-refractivity contribution in [2.75, 3.05) is 12.1 Å². The fourth-order valence-corrected chi connectivity index (χ4v) is 2.27. The van der Waals surface area contributed by atoms with Crippen LogP contribution in [0.25, 0.3) is 0 Å². The van der Waals surface area contributed by atoms with Crippen LogP contribution in [0.4, 0.5) is 5.69 Å². The Morgan fingerprint density at radius 2 is 2.05 bits per heavy atom. The number of hydrogen-bond donors (Lipinski definition) is 1. The van der Waals surface area contributed by atoms with Gasteiger partial charge in [0, 0.05) is 24.5 Å². The first-order chi connectivity index (χ1) is 9.56. The Morgan fingerprint density at radius 1 is 1.30 bits per heavy atom. The largest absolute Gasteiger partial charge is 0.454 e. The summed E-state index contributed by atoms with van der Waals surface area (Å²) in [6, 6.07) is 5.31. The molecule has 1 amide bonds. The summed E-state index contributed by atoms with van der Waals surface area (Å²) < 4.78 is 12.2. The van der Waals surface area contributed by atoms with E-state index in [0.29, 0.717) is 28.4 Å². The van der Waals surface area contributed by atoms with Gasteiger partial charge >= 0.3 is 0 Å². The Bertz CT molecular complexity index is 691. The first-order valence-electron chi connectivity index (χ1n) is 6.27. The average Bonchev–Trinajstić information content (AvgIpc) is 2.94. The number of hydrogen-bond acceptors (Lipinski definition) is 4. The van der Waals surface area contributed by atoms with Gasteiger partial charge in [-0.3, -0.25) is 9.48 Å². The number of nitrogens with one attached hydrogen (secondary N) is 1. The summed E-state index contributed by atoms with van der Waals surface area (Å²) >= 11 is 0. The van der Waals surface area contributed by atoms with Crippen molar-refractivity contribution in [2.24, 2.45) is 7.05 Å². The zero-order valence-corrected chi connectivity index (χ0v) is 11.6. The van der Waals surface area contributed by atoms with E-state index in [4.69, 9.17) is 9.47 Å². The van der Waals surface area contributed by atoms with E-state index >= 15 is 0 Å². The third-order valence-corrected chi connectivity index (χ3v) is 3.37. The van der Waals surface area contributed by atoms with Crippen LogP contribution >= 0.6 is 0 Å². The van der Waals surface area contributed by atoms with Crippen molar-refractivity contribution in [1.29, 1.82) is 0 Å². The molecule has 6 nitrogen and oxygen atoms in total. The molecular formula is C14H15N3O3. The number of carbonyl (C=O) groups excluding carboxylic acids is 1. The van der Waals surface area contributed by atoms with Crippen molar-refractivity contribution in [3.8, 4) is 11.5 Å². The van der Waals surface area contributed by atoms with Gasteiger partial charge in [-0.2, -0.15) is 5.10 Å². The average molecular weight is 273 g/mol. The van der Waals surface area contributed by atoms with E-state index in [9.17, 15) is 4.79 Å². The molecule has 1 aliphatic heterocycles. The molecular weight excluding hydrogens is 258 g/mol. The number of anilines is 1. The maximum absolute atomic E-state index is 12.3. The van der Waals surface area contributed by atoms with E-state index in [0.717, 1.165) is 5.69 Å². The van der Waals surface area contributed by atoms with Gasteiger partial charge in [0.2, 0.25) is 6.79 Å². The summed E-state index contributed by atoms with van der Waals surface area (Å²) in [4.78, 5) is 12.3. The van der Waals surface area contributed by atoms with Crippen LogP contribution in [-0.4, -0.2) is 22.5 Å². The Hall–Kier alpha value is -2.50. The lowest BCUT2D eigenvalue weighted by Gasteiger charge is -2.06. The van der Waals surface area contributed by atoms with Crippen molar-refractivity contribution in [1.82, 2.24) is 9.78 Å². The summed E-state index contributed by atoms with van der Waals surface area (Å²) in [5, 5.41) is 7.10. The van der Waals surface area contributed by atoms with Gasteiger partial charge < -0.3 is 14.8 Å². The molecule has 104 valence electrons. The summed E-state index contributed by atoms with van der Waals surface area (Å²) in [5.41, 5.74) is 2.82. The van der Waals surface area contributed by atoms with Crippen LogP contribution in [0.15, 0.2) is 18.2 Å². The fraction of sp³-hybridized carbons (Fsp3) is 0.286. The van der Waals surface area contributed by atoms with Gasteiger partial charge in [0.1, 0.15) is 0 Å². The molecule has 0 bridgehead atoms. The minimum atomic E-state index is -0.174. The minimum absolute atomic E-state index is 0.174. The standard InChI is InChI=1S/C14H15N3O3/c1-8-13(9(2)17(3)16-8)14(18)15-10-4-5-11-12(6-10)20-7-19-11/h4-6H,7H2,1-3H3,(H,15,18). The molecule has 2 heterocycles. The van der Waals surface area contributed by atoms with E-state index in [2.05, 4.69) is 10.4 Å². The zero-order chi connectivity index (χ0) is 14.3. The van der Waals surface area contributed by atoms with E-state index in [-0.39, 0.29) is 12.7 Å². The molecule has 0 saturated heterocycles. The molecule has 1 aromatic carbocycles. The van der Waals surface area contributed by atoms with Crippen molar-refractivity contribution in [3.63, 3.8) is 0 Å². The van der Waals surface area contributed by atoms with Crippen LogP contribution in [0.2, 0.25) is 0 Å². The number of nitrogens with zero attached hydrogens (tertiary/aromatic N) is 2. The number of ether oxygens (including phenoxy) is 2. The third-order valence-electron chi connectivity index (χ3n) is 3.37. The molecule has 0 spiro atoms. The number of fused-ring (bicyclic) bond motifs is 1. The van der Waals surface area contributed by atoms with Gasteiger partial charge in [0.25, 0.3) is 5.91 Å². The SMILES string of the molecule is Cc1nn(C)c(C)c1C(=O)Nc1ccc2c(c1)OCO2. The highest BCUT2D eigenvalue weighted by atomic mass is 16.7. The Labute approximate surface area is 116 Å². The molecule has 1 N–H and O–H groups in total. The molecule has 0 fully saturated rings. The summed E-state index contributed by atoms with van der Waals surface area (Å²) in [7, 11) is 1.82. The first kappa shape index (κ1) is 12.5. The molecule has 0 atom stereocenters. The zero-order valence-electron chi connectivity index (χ0n) is 11.6. The van der Waals surface area contributed by atoms with Gasteiger partial charge in [-0.15, -0.1) is 0 Å². The summed E-state index contributed by atoms with van der Waals surface area (Å²) in [6.45, 7) is 3.91. The van der Waals surface area contributed by atoms with Gasteiger partial charge in [-0.1, -0.05) is 0 Å². The number of amides is 1. The quantitative estimate of drug-likeness (QED) is 0.909. The second kappa shape index (κ2) is 4.56. The molecule has 1 aliphatic rings. The van der Waals surface area contributed by atoms with Crippen molar-refractivity contribution in [2.45, 2.75) is 13.8 Å². The molecule has 0 unspecified atom stereocenters. The minimum Gasteiger partial charge on any atom is -0.454 e. The third kappa shape index (κ3) is 1.99. The lowest BCUT2D eigenvalue weighted by molar-refractivity contribution is 0.102. The number of rotatable bonds is 2. The second-order valence-electron chi connectivity index (χ2n) is 4.69. The monoisotopic (exact) mass is 273 g/mol. The lowest BCUT2D eigenvalue weighted by atomic mass is 10.1. The Kier molecular flexibility index (Phi) is 2.85. The van der Waals surface area contributed by atoms with E-state index in [1.807, 2.05) is 20.9 Å². The van der Waals surface area contributed by atoms with E-state index in [1.165, 1.54) is 0 Å². The highest BCUT2D eigenvalue weighted by molar-refractivity contribution is 6.06. The Balaban J connectivity index is 1.86. The van der Waals surface area contributed by atoms with Crippen LogP contribution < -0.4 is 14.8 Å². The van der Waals surface area contributed by atoms with Crippen LogP contribution in [-0.2, 0) is 7.05 Å². The number of aromatic nitrogens is 2. The molecule has 0 saturated carbocycles. The van der Waals surface area contributed by atoms with Crippen molar-refractivity contribution in [3.05, 3.63) is 35.2 Å². The molecule has 0 radical (unpaired) electrons. The van der Waals surface area contributed by atoms with Gasteiger partial charge in [-0.05, 0) is 26.0 Å². The number of benzene rings is 1.